The first-order valence-corrected chi connectivity index (χ1v) is 7.45. The Bertz CT molecular complexity index is 581. The van der Waals surface area contributed by atoms with Crippen LogP contribution < -0.4 is 0 Å². The summed E-state index contributed by atoms with van der Waals surface area (Å²) in [4.78, 5) is 0. The van der Waals surface area contributed by atoms with Crippen molar-refractivity contribution in [3.63, 3.8) is 0 Å². The summed E-state index contributed by atoms with van der Waals surface area (Å²) in [6.07, 6.45) is 0. The summed E-state index contributed by atoms with van der Waals surface area (Å²) in [5, 5.41) is 44.1. The minimum absolute atomic E-state index is 0. The van der Waals surface area contributed by atoms with Gasteiger partial charge in [0.1, 0.15) is 0 Å². The van der Waals surface area contributed by atoms with Crippen molar-refractivity contribution < 1.29 is 32.4 Å². The van der Waals surface area contributed by atoms with E-state index in [4.69, 9.17) is 15.1 Å². The second-order valence-electron chi connectivity index (χ2n) is 5.23. The van der Waals surface area contributed by atoms with E-state index in [1.54, 1.807) is 0 Å². The molecule has 0 atom stereocenters. The molecule has 13 heteroatoms. The van der Waals surface area contributed by atoms with E-state index >= 15 is 0 Å². The van der Waals surface area contributed by atoms with Gasteiger partial charge >= 0.3 is 24.7 Å². The summed E-state index contributed by atoms with van der Waals surface area (Å²) < 4.78 is 0. The summed E-state index contributed by atoms with van der Waals surface area (Å²) in [5.41, 5.74) is 5.99. The third-order valence-corrected chi connectivity index (χ3v) is 2.35. The maximum atomic E-state index is 7.17. The van der Waals surface area contributed by atoms with Gasteiger partial charge in [0.25, 0.3) is 0 Å². The van der Waals surface area contributed by atoms with Gasteiger partial charge < -0.3 is 15.1 Å². The number of hydrogen-bond donors (Lipinski definition) is 3. The molecule has 3 rings (SSSR count). The Morgan fingerprint density at radius 3 is 0.857 bits per heavy atom. The van der Waals surface area contributed by atoms with Gasteiger partial charge in [-0.25, -0.2) is 0 Å². The average Bonchev–Trinajstić information content (AvgIpc) is 3.15. The molecular formula is C15H26BCl2CrN6O3. The Hall–Kier alpha value is -1.31. The topological polar surface area (TPSA) is 138 Å². The fourth-order valence-electron chi connectivity index (χ4n) is 1.55. The summed E-state index contributed by atoms with van der Waals surface area (Å²) in [5.74, 6) is 0. The predicted octanol–water partition coefficient (Wildman–Crippen LogP) is 1.23. The van der Waals surface area contributed by atoms with E-state index in [9.17, 15) is 0 Å². The molecule has 9 nitrogen and oxygen atoms in total. The number of rotatable bonds is 0. The van der Waals surface area contributed by atoms with Gasteiger partial charge in [-0.15, -0.1) is 24.8 Å². The smallest absolute Gasteiger partial charge is 0.402 e. The van der Waals surface area contributed by atoms with Crippen LogP contribution in [0.1, 0.15) is 34.2 Å². The van der Waals surface area contributed by atoms with Gasteiger partial charge in [-0.1, -0.05) is 75.7 Å². The molecule has 157 valence electrons. The summed E-state index contributed by atoms with van der Waals surface area (Å²) in [6.45, 7) is 11.6. The van der Waals surface area contributed by atoms with Crippen LogP contribution >= 0.6 is 24.8 Å². The van der Waals surface area contributed by atoms with Gasteiger partial charge in [0.05, 0.1) is 0 Å². The first kappa shape index (κ1) is 34.2. The Kier molecular flexibility index (Phi) is 23.2. The Morgan fingerprint density at radius 1 is 0.643 bits per heavy atom. The molecule has 3 aromatic heterocycles. The van der Waals surface area contributed by atoms with Crippen LogP contribution in [0.15, 0.2) is 18.2 Å². The number of hydrogen-bond acceptors (Lipinski definition) is 9. The molecule has 3 aromatic rings. The molecule has 0 aromatic carbocycles. The van der Waals surface area contributed by atoms with Crippen molar-refractivity contribution in [1.29, 1.82) is 0 Å². The van der Waals surface area contributed by atoms with Crippen LogP contribution in [-0.2, 0) is 17.4 Å². The molecule has 3 heterocycles. The van der Waals surface area contributed by atoms with Gasteiger partial charge in [0.15, 0.2) is 0 Å². The zero-order chi connectivity index (χ0) is 19.4. The third-order valence-electron chi connectivity index (χ3n) is 2.35. The van der Waals surface area contributed by atoms with Gasteiger partial charge in [0.2, 0.25) is 0 Å². The van der Waals surface area contributed by atoms with Crippen molar-refractivity contribution >= 4 is 32.1 Å². The summed E-state index contributed by atoms with van der Waals surface area (Å²) in [6, 6.07) is 5.83. The van der Waals surface area contributed by atoms with E-state index in [0.717, 1.165) is 34.2 Å². The maximum Gasteiger partial charge on any atom is 3.00 e. The van der Waals surface area contributed by atoms with E-state index in [0.29, 0.717) is 0 Å². The number of halogens is 2. The number of nitrogens with zero attached hydrogens (tertiary/aromatic N) is 6. The van der Waals surface area contributed by atoms with Crippen molar-refractivity contribution in [3.05, 3.63) is 52.4 Å². The van der Waals surface area contributed by atoms with E-state index < -0.39 is 7.32 Å². The molecule has 0 amide bonds. The predicted molar refractivity (Wildman–Crippen MR) is 108 cm³/mol. The second-order valence-corrected chi connectivity index (χ2v) is 5.23. The van der Waals surface area contributed by atoms with Crippen LogP contribution in [0.3, 0.4) is 0 Å². The summed E-state index contributed by atoms with van der Waals surface area (Å²) in [7, 11) is -2.17. The number of aromatic nitrogens is 6. The first-order chi connectivity index (χ1) is 11.6. The van der Waals surface area contributed by atoms with E-state index in [1.807, 2.05) is 59.7 Å². The van der Waals surface area contributed by atoms with Crippen molar-refractivity contribution in [2.24, 2.45) is 0 Å². The maximum absolute atomic E-state index is 7.17. The van der Waals surface area contributed by atoms with Crippen LogP contribution in [0.5, 0.6) is 0 Å². The zero-order valence-electron chi connectivity index (χ0n) is 16.6. The third kappa shape index (κ3) is 21.0. The van der Waals surface area contributed by atoms with Crippen molar-refractivity contribution in [1.82, 2.24) is 30.6 Å². The molecule has 1 radical (unpaired) electrons. The second kappa shape index (κ2) is 19.0. The molecule has 3 N–H and O–H groups in total. The van der Waals surface area contributed by atoms with Crippen LogP contribution in [-0.4, -0.2) is 53.0 Å². The van der Waals surface area contributed by atoms with Gasteiger partial charge in [-0.3, -0.25) is 30.6 Å². The quantitative estimate of drug-likeness (QED) is 0.326. The SMILES string of the molecule is Cc1c[c-](C)nn1.Cc1c[c-](C)nn1.Cc1c[c-](C)nn1.Cl.Cl.OB(O)O.[Cr+3]. The standard InChI is InChI=1S/3C5H7N2.BH3O3.2ClH.Cr/c3*1-4-3-5(2)7-6-4;2-1(3)4;;;/h3*3H,1-2H3;2-4H;2*1H;/q3*-1;;;;+3. The van der Waals surface area contributed by atoms with E-state index in [-0.39, 0.29) is 42.2 Å². The average molecular weight is 472 g/mol. The van der Waals surface area contributed by atoms with Crippen LogP contribution in [0.2, 0.25) is 0 Å². The first-order valence-electron chi connectivity index (χ1n) is 7.45. The van der Waals surface area contributed by atoms with E-state index in [2.05, 4.69) is 30.6 Å². The normalized spacial score (nSPS) is 8.04. The molecule has 0 aliphatic carbocycles. The minimum Gasteiger partial charge on any atom is -0.402 e. The van der Waals surface area contributed by atoms with Crippen LogP contribution in [0.4, 0.5) is 0 Å². The van der Waals surface area contributed by atoms with E-state index in [1.165, 1.54) is 0 Å². The molecule has 0 aliphatic rings. The minimum atomic E-state index is -2.17. The monoisotopic (exact) mass is 471 g/mol. The van der Waals surface area contributed by atoms with Crippen LogP contribution in [0, 0.1) is 41.5 Å². The molecule has 28 heavy (non-hydrogen) atoms. The molecular weight excluding hydrogens is 446 g/mol. The van der Waals surface area contributed by atoms with Crippen molar-refractivity contribution in [2.75, 3.05) is 0 Å². The van der Waals surface area contributed by atoms with Crippen LogP contribution in [0.25, 0.3) is 0 Å². The number of aryl methyl sites for hydroxylation is 6. The Balaban J connectivity index is -0.000000135. The van der Waals surface area contributed by atoms with Gasteiger partial charge in [-0.2, -0.15) is 18.2 Å². The molecule has 0 spiro atoms. The van der Waals surface area contributed by atoms with Gasteiger partial charge in [0, 0.05) is 0 Å². The largest absolute Gasteiger partial charge is 3.00 e. The molecule has 0 fully saturated rings. The fourth-order valence-corrected chi connectivity index (χ4v) is 1.55. The van der Waals surface area contributed by atoms with Gasteiger partial charge in [-0.05, 0) is 0 Å². The Morgan fingerprint density at radius 2 is 0.821 bits per heavy atom. The fraction of sp³-hybridized carbons (Fsp3) is 0.400. The molecule has 0 saturated heterocycles. The van der Waals surface area contributed by atoms with Crippen molar-refractivity contribution in [2.45, 2.75) is 41.5 Å². The Labute approximate surface area is 188 Å². The summed E-state index contributed by atoms with van der Waals surface area (Å²) >= 11 is 0. The molecule has 0 bridgehead atoms. The van der Waals surface area contributed by atoms with Crippen molar-refractivity contribution in [3.8, 4) is 0 Å². The molecule has 0 unspecified atom stereocenters. The molecule has 0 aliphatic heterocycles. The zero-order valence-corrected chi connectivity index (χ0v) is 19.5. The molecule has 0 saturated carbocycles.